The lowest BCUT2D eigenvalue weighted by Crippen LogP contribution is -2.41. The van der Waals surface area contributed by atoms with E-state index in [0.717, 1.165) is 12.8 Å². The van der Waals surface area contributed by atoms with Crippen LogP contribution in [0.2, 0.25) is 0 Å². The Hall–Kier alpha value is -1.38. The minimum atomic E-state index is -3.14. The molecule has 0 aromatic heterocycles. The lowest BCUT2D eigenvalue weighted by atomic mass is 9.89. The summed E-state index contributed by atoms with van der Waals surface area (Å²) in [7, 11) is 0. The average Bonchev–Trinajstić information content (AvgIpc) is 2.70. The van der Waals surface area contributed by atoms with Crippen molar-refractivity contribution in [1.82, 2.24) is 10.6 Å². The topological polar surface area (TPSA) is 84.2 Å². The lowest BCUT2D eigenvalue weighted by molar-refractivity contribution is -0.118. The Labute approximate surface area is 175 Å². The summed E-state index contributed by atoms with van der Waals surface area (Å²) < 4.78 is 26.4. The number of alkyl halides is 2. The molecule has 0 unspecified atom stereocenters. The van der Waals surface area contributed by atoms with E-state index in [2.05, 4.69) is 10.6 Å². The average molecular weight is 436 g/mol. The molecule has 0 aliphatic heterocycles. The van der Waals surface area contributed by atoms with Crippen LogP contribution in [0.15, 0.2) is 29.2 Å². The molecule has 5 nitrogen and oxygen atoms in total. The van der Waals surface area contributed by atoms with E-state index in [0.29, 0.717) is 17.4 Å². The summed E-state index contributed by atoms with van der Waals surface area (Å²) in [6, 6.07) is 6.66. The SMILES string of the molecule is Cl.NCC(F)(F)CNC(=O)c1ccccc1SCC(=O)NCC1CCCCC1. The molecule has 4 N–H and O–H groups in total. The Morgan fingerprint density at radius 3 is 2.50 bits per heavy atom. The van der Waals surface area contributed by atoms with Gasteiger partial charge in [-0.05, 0) is 30.9 Å². The van der Waals surface area contributed by atoms with E-state index < -0.39 is 24.9 Å². The molecule has 1 aromatic carbocycles. The van der Waals surface area contributed by atoms with E-state index in [1.54, 1.807) is 24.3 Å². The number of hydrogen-bond acceptors (Lipinski definition) is 4. The second-order valence-electron chi connectivity index (χ2n) is 6.84. The first-order chi connectivity index (χ1) is 12.9. The maximum absolute atomic E-state index is 13.2. The molecule has 0 atom stereocenters. The fourth-order valence-corrected chi connectivity index (χ4v) is 3.88. The van der Waals surface area contributed by atoms with Crippen LogP contribution in [0, 0.1) is 5.92 Å². The summed E-state index contributed by atoms with van der Waals surface area (Å²) in [5, 5.41) is 5.15. The van der Waals surface area contributed by atoms with Gasteiger partial charge in [0.05, 0.1) is 24.4 Å². The zero-order valence-electron chi connectivity index (χ0n) is 15.7. The third kappa shape index (κ3) is 8.32. The van der Waals surface area contributed by atoms with Crippen LogP contribution in [0.4, 0.5) is 8.78 Å². The van der Waals surface area contributed by atoms with Gasteiger partial charge in [-0.3, -0.25) is 9.59 Å². The Bertz CT molecular complexity index is 643. The number of carbonyl (C=O) groups excluding carboxylic acids is 2. The van der Waals surface area contributed by atoms with E-state index in [-0.39, 0.29) is 29.6 Å². The van der Waals surface area contributed by atoms with Crippen LogP contribution < -0.4 is 16.4 Å². The van der Waals surface area contributed by atoms with Crippen molar-refractivity contribution >= 4 is 36.0 Å². The van der Waals surface area contributed by atoms with Gasteiger partial charge in [-0.2, -0.15) is 0 Å². The molecule has 1 saturated carbocycles. The van der Waals surface area contributed by atoms with Gasteiger partial charge in [0.15, 0.2) is 0 Å². The molecule has 158 valence electrons. The highest BCUT2D eigenvalue weighted by Gasteiger charge is 2.27. The predicted octanol–water partition coefficient (Wildman–Crippen LogP) is 3.22. The molecule has 0 saturated heterocycles. The van der Waals surface area contributed by atoms with Gasteiger partial charge in [0.25, 0.3) is 11.8 Å². The Morgan fingerprint density at radius 1 is 1.14 bits per heavy atom. The summed E-state index contributed by atoms with van der Waals surface area (Å²) in [6.45, 7) is -0.955. The zero-order valence-corrected chi connectivity index (χ0v) is 17.3. The Kier molecular flexibility index (Phi) is 10.8. The van der Waals surface area contributed by atoms with Crippen molar-refractivity contribution in [3.05, 3.63) is 29.8 Å². The van der Waals surface area contributed by atoms with Gasteiger partial charge in [0.2, 0.25) is 5.91 Å². The molecule has 1 fully saturated rings. The molecule has 0 spiro atoms. The Morgan fingerprint density at radius 2 is 1.82 bits per heavy atom. The molecule has 0 radical (unpaired) electrons. The number of nitrogens with two attached hydrogens (primary N) is 1. The quantitative estimate of drug-likeness (QED) is 0.520. The first kappa shape index (κ1) is 24.7. The van der Waals surface area contributed by atoms with Crippen LogP contribution in [-0.4, -0.2) is 43.1 Å². The van der Waals surface area contributed by atoms with Gasteiger partial charge < -0.3 is 16.4 Å². The van der Waals surface area contributed by atoms with Crippen LogP contribution in [0.1, 0.15) is 42.5 Å². The first-order valence-corrected chi connectivity index (χ1v) is 10.2. The molecule has 0 heterocycles. The Balaban J connectivity index is 0.00000392. The van der Waals surface area contributed by atoms with Crippen molar-refractivity contribution in [2.75, 3.05) is 25.4 Å². The van der Waals surface area contributed by atoms with E-state index in [9.17, 15) is 18.4 Å². The van der Waals surface area contributed by atoms with Gasteiger partial charge in [-0.25, -0.2) is 8.78 Å². The minimum Gasteiger partial charge on any atom is -0.355 e. The van der Waals surface area contributed by atoms with Crippen LogP contribution in [0.25, 0.3) is 0 Å². The smallest absolute Gasteiger partial charge is 0.277 e. The second kappa shape index (κ2) is 12.2. The minimum absolute atomic E-state index is 0. The van der Waals surface area contributed by atoms with Gasteiger partial charge >= 0.3 is 0 Å². The molecular weight excluding hydrogens is 408 g/mol. The zero-order chi connectivity index (χ0) is 19.7. The first-order valence-electron chi connectivity index (χ1n) is 9.26. The van der Waals surface area contributed by atoms with Crippen molar-refractivity contribution in [1.29, 1.82) is 0 Å². The highest BCUT2D eigenvalue weighted by atomic mass is 35.5. The van der Waals surface area contributed by atoms with Gasteiger partial charge in [0, 0.05) is 11.4 Å². The van der Waals surface area contributed by atoms with E-state index in [1.807, 2.05) is 0 Å². The van der Waals surface area contributed by atoms with Crippen LogP contribution in [0.3, 0.4) is 0 Å². The molecule has 9 heteroatoms. The molecule has 1 aliphatic rings. The molecule has 2 rings (SSSR count). The maximum atomic E-state index is 13.2. The number of nitrogens with one attached hydrogen (secondary N) is 2. The monoisotopic (exact) mass is 435 g/mol. The van der Waals surface area contributed by atoms with Crippen molar-refractivity contribution in [3.63, 3.8) is 0 Å². The standard InChI is InChI=1S/C19H27F2N3O2S.ClH/c20-19(21,12-22)13-24-18(26)15-8-4-5-9-16(15)27-11-17(25)23-10-14-6-2-1-3-7-14;/h4-5,8-9,14H,1-3,6-7,10-13,22H2,(H,23,25)(H,24,26);1H. The number of thioether (sulfide) groups is 1. The number of halogens is 3. The van der Waals surface area contributed by atoms with Gasteiger partial charge in [-0.15, -0.1) is 24.2 Å². The highest BCUT2D eigenvalue weighted by molar-refractivity contribution is 8.00. The molecule has 28 heavy (non-hydrogen) atoms. The lowest BCUT2D eigenvalue weighted by Gasteiger charge is -2.21. The summed E-state index contributed by atoms with van der Waals surface area (Å²) in [4.78, 5) is 24.9. The van der Waals surface area contributed by atoms with Crippen molar-refractivity contribution in [3.8, 4) is 0 Å². The van der Waals surface area contributed by atoms with E-state index in [4.69, 9.17) is 5.73 Å². The van der Waals surface area contributed by atoms with Crippen LogP contribution >= 0.6 is 24.2 Å². The van der Waals surface area contributed by atoms with Crippen LogP contribution in [0.5, 0.6) is 0 Å². The summed E-state index contributed by atoms with van der Waals surface area (Å²) in [5.41, 5.74) is 5.25. The largest absolute Gasteiger partial charge is 0.355 e. The third-order valence-electron chi connectivity index (χ3n) is 4.61. The number of hydrogen-bond donors (Lipinski definition) is 3. The van der Waals surface area contributed by atoms with E-state index >= 15 is 0 Å². The maximum Gasteiger partial charge on any atom is 0.277 e. The van der Waals surface area contributed by atoms with Crippen molar-refractivity contribution in [2.24, 2.45) is 11.7 Å². The summed E-state index contributed by atoms with van der Waals surface area (Å²) in [5.74, 6) is -3.11. The molecule has 1 aliphatic carbocycles. The summed E-state index contributed by atoms with van der Waals surface area (Å²) >= 11 is 1.22. The second-order valence-corrected chi connectivity index (χ2v) is 7.85. The number of amides is 2. The molecule has 2 amide bonds. The van der Waals surface area contributed by atoms with Crippen molar-refractivity contribution in [2.45, 2.75) is 42.9 Å². The van der Waals surface area contributed by atoms with Gasteiger partial charge in [-0.1, -0.05) is 31.4 Å². The van der Waals surface area contributed by atoms with E-state index in [1.165, 1.54) is 31.0 Å². The summed E-state index contributed by atoms with van der Waals surface area (Å²) in [6.07, 6.45) is 6.03. The fraction of sp³-hybridized carbons (Fsp3) is 0.579. The number of rotatable bonds is 9. The van der Waals surface area contributed by atoms with Crippen LogP contribution in [-0.2, 0) is 4.79 Å². The molecule has 0 bridgehead atoms. The highest BCUT2D eigenvalue weighted by Crippen LogP contribution is 2.24. The number of carbonyl (C=O) groups is 2. The van der Waals surface area contributed by atoms with Crippen molar-refractivity contribution < 1.29 is 18.4 Å². The third-order valence-corrected chi connectivity index (χ3v) is 5.68. The normalized spacial score (nSPS) is 14.8. The number of benzene rings is 1. The van der Waals surface area contributed by atoms with Gasteiger partial charge in [0.1, 0.15) is 0 Å². The molecule has 1 aromatic rings. The fourth-order valence-electron chi connectivity index (χ4n) is 3.00. The predicted molar refractivity (Wildman–Crippen MR) is 110 cm³/mol. The molecular formula is C19H28ClF2N3O2S.